The van der Waals surface area contributed by atoms with Crippen molar-refractivity contribution in [1.29, 1.82) is 0 Å². The van der Waals surface area contributed by atoms with Crippen LogP contribution in [-0.2, 0) is 9.59 Å². The molecule has 0 unspecified atom stereocenters. The SMILES string of the molecule is Cc1ccc(C(=O)NCC(=O)NNC(=O)[C@@H](C)Oc2ccccc2F)cc1C. The number of carbonyl (C=O) groups excluding carboxylic acids is 3. The minimum Gasteiger partial charge on any atom is -0.478 e. The minimum atomic E-state index is -1.04. The molecule has 3 N–H and O–H groups in total. The number of nitrogens with one attached hydrogen (secondary N) is 3. The van der Waals surface area contributed by atoms with Crippen LogP contribution in [0.4, 0.5) is 4.39 Å². The molecule has 1 atom stereocenters. The number of aryl methyl sites for hydroxylation is 2. The Bertz CT molecular complexity index is 886. The number of hydrazine groups is 1. The van der Waals surface area contributed by atoms with E-state index in [1.54, 1.807) is 18.2 Å². The fourth-order valence-electron chi connectivity index (χ4n) is 2.21. The van der Waals surface area contributed by atoms with Crippen molar-refractivity contribution in [3.63, 3.8) is 0 Å². The van der Waals surface area contributed by atoms with Gasteiger partial charge in [-0.25, -0.2) is 4.39 Å². The average molecular weight is 387 g/mol. The maximum absolute atomic E-state index is 13.5. The van der Waals surface area contributed by atoms with E-state index in [1.807, 2.05) is 19.9 Å². The zero-order chi connectivity index (χ0) is 20.7. The molecule has 0 saturated heterocycles. The molecule has 0 radical (unpaired) electrons. The Morgan fingerprint density at radius 3 is 2.43 bits per heavy atom. The van der Waals surface area contributed by atoms with Crippen molar-refractivity contribution in [3.8, 4) is 5.75 Å². The van der Waals surface area contributed by atoms with E-state index in [9.17, 15) is 18.8 Å². The van der Waals surface area contributed by atoms with Gasteiger partial charge < -0.3 is 10.1 Å². The molecule has 0 heterocycles. The van der Waals surface area contributed by atoms with Gasteiger partial charge in [0.2, 0.25) is 0 Å². The molecule has 0 aliphatic heterocycles. The van der Waals surface area contributed by atoms with Crippen LogP contribution in [-0.4, -0.2) is 30.4 Å². The van der Waals surface area contributed by atoms with E-state index < -0.39 is 29.6 Å². The van der Waals surface area contributed by atoms with E-state index in [0.29, 0.717) is 5.56 Å². The lowest BCUT2D eigenvalue weighted by Crippen LogP contribution is -2.50. The second-order valence-corrected chi connectivity index (χ2v) is 6.21. The van der Waals surface area contributed by atoms with Gasteiger partial charge in [0, 0.05) is 5.56 Å². The van der Waals surface area contributed by atoms with Gasteiger partial charge in [0.25, 0.3) is 17.7 Å². The molecule has 0 bridgehead atoms. The highest BCUT2D eigenvalue weighted by Crippen LogP contribution is 2.16. The molecule has 0 aliphatic carbocycles. The smallest absolute Gasteiger partial charge is 0.279 e. The Kier molecular flexibility index (Phi) is 7.08. The highest BCUT2D eigenvalue weighted by atomic mass is 19.1. The number of hydrogen-bond donors (Lipinski definition) is 3. The Labute approximate surface area is 162 Å². The van der Waals surface area contributed by atoms with Crippen molar-refractivity contribution < 1.29 is 23.5 Å². The number of halogens is 1. The Morgan fingerprint density at radius 2 is 1.75 bits per heavy atom. The third-order valence-electron chi connectivity index (χ3n) is 4.01. The number of rotatable bonds is 6. The Balaban J connectivity index is 1.76. The first-order chi connectivity index (χ1) is 13.3. The molecule has 2 aromatic carbocycles. The lowest BCUT2D eigenvalue weighted by molar-refractivity contribution is -0.132. The van der Waals surface area contributed by atoms with Crippen molar-refractivity contribution in [2.45, 2.75) is 26.9 Å². The molecule has 3 amide bonds. The topological polar surface area (TPSA) is 96.5 Å². The molecule has 0 saturated carbocycles. The van der Waals surface area contributed by atoms with E-state index in [1.165, 1.54) is 25.1 Å². The first-order valence-corrected chi connectivity index (χ1v) is 8.63. The highest BCUT2D eigenvalue weighted by Gasteiger charge is 2.17. The van der Waals surface area contributed by atoms with Crippen LogP contribution in [0.25, 0.3) is 0 Å². The largest absolute Gasteiger partial charge is 0.478 e. The first-order valence-electron chi connectivity index (χ1n) is 8.63. The molecule has 2 rings (SSSR count). The molecule has 2 aromatic rings. The maximum atomic E-state index is 13.5. The van der Waals surface area contributed by atoms with Crippen LogP contribution in [0.2, 0.25) is 0 Å². The van der Waals surface area contributed by atoms with Gasteiger partial charge in [-0.05, 0) is 56.2 Å². The predicted molar refractivity (Wildman–Crippen MR) is 101 cm³/mol. The number of ether oxygens (including phenoxy) is 1. The number of benzene rings is 2. The maximum Gasteiger partial charge on any atom is 0.279 e. The second-order valence-electron chi connectivity index (χ2n) is 6.21. The van der Waals surface area contributed by atoms with Gasteiger partial charge in [-0.2, -0.15) is 0 Å². The summed E-state index contributed by atoms with van der Waals surface area (Å²) in [6, 6.07) is 10.9. The molecule has 0 fully saturated rings. The molecule has 28 heavy (non-hydrogen) atoms. The van der Waals surface area contributed by atoms with Crippen molar-refractivity contribution in [1.82, 2.24) is 16.2 Å². The molecular weight excluding hydrogens is 365 g/mol. The minimum absolute atomic E-state index is 0.0721. The predicted octanol–water partition coefficient (Wildman–Crippen LogP) is 1.79. The number of carbonyl (C=O) groups is 3. The Morgan fingerprint density at radius 1 is 1.04 bits per heavy atom. The summed E-state index contributed by atoms with van der Waals surface area (Å²) in [5, 5.41) is 2.46. The van der Waals surface area contributed by atoms with Gasteiger partial charge in [0.15, 0.2) is 17.7 Å². The van der Waals surface area contributed by atoms with E-state index in [-0.39, 0.29) is 12.3 Å². The third kappa shape index (κ3) is 5.80. The average Bonchev–Trinajstić information content (AvgIpc) is 2.67. The van der Waals surface area contributed by atoms with Gasteiger partial charge in [-0.15, -0.1) is 0 Å². The lowest BCUT2D eigenvalue weighted by atomic mass is 10.1. The second kappa shape index (κ2) is 9.50. The normalized spacial score (nSPS) is 11.3. The van der Waals surface area contributed by atoms with Gasteiger partial charge in [0.05, 0.1) is 6.54 Å². The lowest BCUT2D eigenvalue weighted by Gasteiger charge is -2.15. The summed E-state index contributed by atoms with van der Waals surface area (Å²) in [7, 11) is 0. The summed E-state index contributed by atoms with van der Waals surface area (Å²) in [5.41, 5.74) is 6.79. The number of hydrogen-bond acceptors (Lipinski definition) is 4. The highest BCUT2D eigenvalue weighted by molar-refractivity contribution is 5.96. The van der Waals surface area contributed by atoms with Crippen LogP contribution < -0.4 is 20.9 Å². The van der Waals surface area contributed by atoms with Crippen LogP contribution in [0, 0.1) is 19.7 Å². The first kappa shape index (κ1) is 20.9. The van der Waals surface area contributed by atoms with Crippen LogP contribution in [0.3, 0.4) is 0 Å². The monoisotopic (exact) mass is 387 g/mol. The van der Waals surface area contributed by atoms with Gasteiger partial charge in [-0.1, -0.05) is 18.2 Å². The summed E-state index contributed by atoms with van der Waals surface area (Å²) in [6.45, 7) is 4.91. The quantitative estimate of drug-likeness (QED) is 0.659. The molecule has 8 heteroatoms. The summed E-state index contributed by atoms with van der Waals surface area (Å²) < 4.78 is 18.7. The summed E-state index contributed by atoms with van der Waals surface area (Å²) in [6.07, 6.45) is -1.04. The molecular formula is C20H22FN3O4. The number of amides is 3. The van der Waals surface area contributed by atoms with Gasteiger partial charge in [0.1, 0.15) is 0 Å². The standard InChI is InChI=1S/C20H22FN3O4/c1-12-8-9-15(10-13(12)2)20(27)22-11-18(25)23-24-19(26)14(3)28-17-7-5-4-6-16(17)21/h4-10,14H,11H2,1-3H3,(H,22,27)(H,23,25)(H,24,26)/t14-/m1/s1. The zero-order valence-electron chi connectivity index (χ0n) is 15.8. The van der Waals surface area contributed by atoms with Gasteiger partial charge in [-0.3, -0.25) is 25.2 Å². The number of para-hydroxylation sites is 1. The van der Waals surface area contributed by atoms with E-state index >= 15 is 0 Å². The summed E-state index contributed by atoms with van der Waals surface area (Å²) >= 11 is 0. The molecule has 0 aliphatic rings. The van der Waals surface area contributed by atoms with Crippen molar-refractivity contribution in [2.75, 3.05) is 6.54 Å². The van der Waals surface area contributed by atoms with Crippen LogP contribution >= 0.6 is 0 Å². The third-order valence-corrected chi connectivity index (χ3v) is 4.01. The van der Waals surface area contributed by atoms with Crippen LogP contribution in [0.1, 0.15) is 28.4 Å². The molecule has 0 spiro atoms. The Hall–Kier alpha value is -3.42. The molecule has 148 valence electrons. The van der Waals surface area contributed by atoms with Crippen molar-refractivity contribution in [3.05, 3.63) is 65.0 Å². The molecule has 7 nitrogen and oxygen atoms in total. The summed E-state index contributed by atoms with van der Waals surface area (Å²) in [5.74, 6) is -2.36. The van der Waals surface area contributed by atoms with Gasteiger partial charge >= 0.3 is 0 Å². The fourth-order valence-corrected chi connectivity index (χ4v) is 2.21. The van der Waals surface area contributed by atoms with E-state index in [4.69, 9.17) is 4.74 Å². The van der Waals surface area contributed by atoms with Crippen LogP contribution in [0.5, 0.6) is 5.75 Å². The van der Waals surface area contributed by atoms with Crippen molar-refractivity contribution >= 4 is 17.7 Å². The molecule has 0 aromatic heterocycles. The van der Waals surface area contributed by atoms with Crippen LogP contribution in [0.15, 0.2) is 42.5 Å². The zero-order valence-corrected chi connectivity index (χ0v) is 15.8. The van der Waals surface area contributed by atoms with E-state index in [2.05, 4.69) is 16.2 Å². The summed E-state index contributed by atoms with van der Waals surface area (Å²) in [4.78, 5) is 35.8. The van der Waals surface area contributed by atoms with Crippen molar-refractivity contribution in [2.24, 2.45) is 0 Å². The van der Waals surface area contributed by atoms with E-state index in [0.717, 1.165) is 11.1 Å². The fraction of sp³-hybridized carbons (Fsp3) is 0.250.